The summed E-state index contributed by atoms with van der Waals surface area (Å²) in [6.07, 6.45) is 7.93. The minimum Gasteiger partial charge on any atom is -0.481 e. The second kappa shape index (κ2) is 6.49. The Kier molecular flexibility index (Phi) is 5.00. The predicted octanol–water partition coefficient (Wildman–Crippen LogP) is 2.13. The van der Waals surface area contributed by atoms with Gasteiger partial charge in [0, 0.05) is 18.0 Å². The smallest absolute Gasteiger partial charge is 0.331 e. The Balaban J connectivity index is 0.000000250. The molecule has 1 aliphatic rings. The van der Waals surface area contributed by atoms with Gasteiger partial charge in [0.25, 0.3) is 0 Å². The van der Waals surface area contributed by atoms with Gasteiger partial charge < -0.3 is 10.2 Å². The minimum atomic E-state index is -1.08. The molecule has 0 fully saturated rings. The molecule has 1 atom stereocenters. The van der Waals surface area contributed by atoms with Gasteiger partial charge >= 0.3 is 11.9 Å². The molecule has 100 valence electrons. The van der Waals surface area contributed by atoms with Crippen molar-refractivity contribution in [2.75, 3.05) is 0 Å². The SMILES string of the molecule is CC1(C(=O)O)C=CC=C(C(=O)O)C1.c1ccncc1. The van der Waals surface area contributed by atoms with Gasteiger partial charge in [-0.1, -0.05) is 24.3 Å². The number of aliphatic carboxylic acids is 2. The molecule has 1 heterocycles. The zero-order chi connectivity index (χ0) is 14.3. The van der Waals surface area contributed by atoms with Crippen LogP contribution in [0.25, 0.3) is 0 Å². The van der Waals surface area contributed by atoms with Crippen molar-refractivity contribution in [1.29, 1.82) is 0 Å². The molecule has 2 N–H and O–H groups in total. The lowest BCUT2D eigenvalue weighted by atomic mass is 9.80. The lowest BCUT2D eigenvalue weighted by molar-refractivity contribution is -0.145. The number of nitrogens with zero attached hydrogens (tertiary/aromatic N) is 1. The zero-order valence-electron chi connectivity index (χ0n) is 10.5. The molecule has 1 aromatic heterocycles. The molecular weight excluding hydrogens is 246 g/mol. The average Bonchev–Trinajstić information content (AvgIpc) is 2.41. The molecule has 1 aromatic rings. The van der Waals surface area contributed by atoms with Crippen LogP contribution in [0, 0.1) is 5.41 Å². The van der Waals surface area contributed by atoms with E-state index in [1.165, 1.54) is 25.2 Å². The van der Waals surface area contributed by atoms with Crippen molar-refractivity contribution in [1.82, 2.24) is 4.98 Å². The highest BCUT2D eigenvalue weighted by molar-refractivity contribution is 5.90. The summed E-state index contributed by atoms with van der Waals surface area (Å²) < 4.78 is 0. The van der Waals surface area contributed by atoms with Gasteiger partial charge in [0.15, 0.2) is 0 Å². The molecule has 0 bridgehead atoms. The molecule has 1 aliphatic carbocycles. The number of hydrogen-bond acceptors (Lipinski definition) is 3. The van der Waals surface area contributed by atoms with Crippen LogP contribution in [0.15, 0.2) is 54.4 Å². The van der Waals surface area contributed by atoms with Gasteiger partial charge in [0.05, 0.1) is 5.41 Å². The summed E-state index contributed by atoms with van der Waals surface area (Å²) in [5.41, 5.74) is -0.949. The van der Waals surface area contributed by atoms with Crippen molar-refractivity contribution in [3.8, 4) is 0 Å². The van der Waals surface area contributed by atoms with E-state index in [2.05, 4.69) is 4.98 Å². The molecule has 0 saturated carbocycles. The van der Waals surface area contributed by atoms with Gasteiger partial charge in [-0.05, 0) is 25.5 Å². The van der Waals surface area contributed by atoms with Crippen molar-refractivity contribution in [3.05, 3.63) is 54.4 Å². The number of rotatable bonds is 2. The van der Waals surface area contributed by atoms with Crippen LogP contribution in [0.1, 0.15) is 13.3 Å². The first-order chi connectivity index (χ1) is 8.96. The van der Waals surface area contributed by atoms with Crippen LogP contribution in [-0.2, 0) is 9.59 Å². The Morgan fingerprint density at radius 1 is 1.21 bits per heavy atom. The largest absolute Gasteiger partial charge is 0.481 e. The molecule has 5 nitrogen and oxygen atoms in total. The fourth-order valence-electron chi connectivity index (χ4n) is 1.50. The first-order valence-electron chi connectivity index (χ1n) is 5.66. The number of allylic oxidation sites excluding steroid dienone is 2. The maximum absolute atomic E-state index is 10.8. The third kappa shape index (κ3) is 4.39. The minimum absolute atomic E-state index is 0.0359. The third-order valence-electron chi connectivity index (χ3n) is 2.65. The first-order valence-corrected chi connectivity index (χ1v) is 5.66. The molecule has 0 aromatic carbocycles. The maximum Gasteiger partial charge on any atom is 0.331 e. The Labute approximate surface area is 110 Å². The molecule has 0 spiro atoms. The van der Waals surface area contributed by atoms with Gasteiger partial charge in [-0.2, -0.15) is 0 Å². The normalized spacial score (nSPS) is 20.8. The van der Waals surface area contributed by atoms with Gasteiger partial charge in [-0.15, -0.1) is 0 Å². The fraction of sp³-hybridized carbons (Fsp3) is 0.214. The summed E-state index contributed by atoms with van der Waals surface area (Å²) in [5.74, 6) is -2.06. The summed E-state index contributed by atoms with van der Waals surface area (Å²) in [7, 11) is 0. The molecule has 0 saturated heterocycles. The number of carbonyl (C=O) groups is 2. The number of carboxylic acids is 2. The van der Waals surface area contributed by atoms with Crippen LogP contribution in [0.5, 0.6) is 0 Å². The fourth-order valence-corrected chi connectivity index (χ4v) is 1.50. The van der Waals surface area contributed by atoms with E-state index in [-0.39, 0.29) is 12.0 Å². The van der Waals surface area contributed by atoms with E-state index in [1.807, 2.05) is 18.2 Å². The Morgan fingerprint density at radius 3 is 2.21 bits per heavy atom. The van der Waals surface area contributed by atoms with Crippen molar-refractivity contribution in [2.24, 2.45) is 5.41 Å². The van der Waals surface area contributed by atoms with Crippen LogP contribution in [0.2, 0.25) is 0 Å². The van der Waals surface area contributed by atoms with E-state index in [0.29, 0.717) is 0 Å². The highest BCUT2D eigenvalue weighted by Gasteiger charge is 2.34. The van der Waals surface area contributed by atoms with Crippen molar-refractivity contribution in [2.45, 2.75) is 13.3 Å². The third-order valence-corrected chi connectivity index (χ3v) is 2.65. The van der Waals surface area contributed by atoms with E-state index in [1.54, 1.807) is 12.4 Å². The van der Waals surface area contributed by atoms with Crippen LogP contribution in [0.3, 0.4) is 0 Å². The molecule has 0 radical (unpaired) electrons. The quantitative estimate of drug-likeness (QED) is 0.851. The zero-order valence-corrected chi connectivity index (χ0v) is 10.5. The van der Waals surface area contributed by atoms with Crippen molar-refractivity contribution in [3.63, 3.8) is 0 Å². The van der Waals surface area contributed by atoms with Gasteiger partial charge in [0.2, 0.25) is 0 Å². The summed E-state index contributed by atoms with van der Waals surface area (Å²) in [4.78, 5) is 25.1. The topological polar surface area (TPSA) is 87.5 Å². The Hall–Kier alpha value is -2.43. The number of pyridine rings is 1. The van der Waals surface area contributed by atoms with E-state index in [4.69, 9.17) is 10.2 Å². The number of hydrogen-bond donors (Lipinski definition) is 2. The summed E-state index contributed by atoms with van der Waals surface area (Å²) in [6, 6.07) is 5.72. The predicted molar refractivity (Wildman–Crippen MR) is 69.5 cm³/mol. The second-order valence-electron chi connectivity index (χ2n) is 4.28. The first kappa shape index (κ1) is 14.6. The molecule has 1 unspecified atom stereocenters. The lowest BCUT2D eigenvalue weighted by Crippen LogP contribution is -2.28. The molecule has 5 heteroatoms. The number of aromatic nitrogens is 1. The van der Waals surface area contributed by atoms with Gasteiger partial charge in [0.1, 0.15) is 0 Å². The van der Waals surface area contributed by atoms with E-state index in [9.17, 15) is 9.59 Å². The summed E-state index contributed by atoms with van der Waals surface area (Å²) >= 11 is 0. The summed E-state index contributed by atoms with van der Waals surface area (Å²) in [6.45, 7) is 1.50. The Morgan fingerprint density at radius 2 is 1.84 bits per heavy atom. The maximum atomic E-state index is 10.8. The van der Waals surface area contributed by atoms with Crippen molar-refractivity contribution >= 4 is 11.9 Å². The molecule has 0 amide bonds. The Bertz CT molecular complexity index is 481. The molecule has 0 aliphatic heterocycles. The van der Waals surface area contributed by atoms with Crippen molar-refractivity contribution < 1.29 is 19.8 Å². The summed E-state index contributed by atoms with van der Waals surface area (Å²) in [5, 5.41) is 17.5. The van der Waals surface area contributed by atoms with E-state index >= 15 is 0 Å². The monoisotopic (exact) mass is 261 g/mol. The lowest BCUT2D eigenvalue weighted by Gasteiger charge is -2.23. The van der Waals surface area contributed by atoms with Crippen LogP contribution in [0.4, 0.5) is 0 Å². The standard InChI is InChI=1S/C9H10O4.C5H5N/c1-9(8(12)13)4-2-3-6(5-9)7(10)11;1-2-4-6-5-3-1/h2-4H,5H2,1H3,(H,10,11)(H,12,13);1-5H. The highest BCUT2D eigenvalue weighted by Crippen LogP contribution is 2.31. The van der Waals surface area contributed by atoms with Gasteiger partial charge in [-0.25, -0.2) is 4.79 Å². The molecule has 19 heavy (non-hydrogen) atoms. The highest BCUT2D eigenvalue weighted by atomic mass is 16.4. The van der Waals surface area contributed by atoms with Crippen LogP contribution in [-0.4, -0.2) is 27.1 Å². The molecule has 2 rings (SSSR count). The second-order valence-corrected chi connectivity index (χ2v) is 4.28. The van der Waals surface area contributed by atoms with Gasteiger partial charge in [-0.3, -0.25) is 9.78 Å². The van der Waals surface area contributed by atoms with Crippen LogP contribution >= 0.6 is 0 Å². The van der Waals surface area contributed by atoms with Crippen LogP contribution < -0.4 is 0 Å². The van der Waals surface area contributed by atoms with E-state index < -0.39 is 17.4 Å². The number of carboxylic acid groups (broad SMARTS) is 2. The average molecular weight is 261 g/mol. The molecular formula is C14H15NO4. The van der Waals surface area contributed by atoms with E-state index in [0.717, 1.165) is 0 Å².